The Hall–Kier alpha value is -0.0900. The molecule has 0 bridgehead atoms. The van der Waals surface area contributed by atoms with Crippen molar-refractivity contribution in [3.05, 3.63) is 33.4 Å². The second-order valence-electron chi connectivity index (χ2n) is 4.94. The molecular weight excluding hydrogens is 311 g/mol. The lowest BCUT2D eigenvalue weighted by Gasteiger charge is -2.26. The van der Waals surface area contributed by atoms with E-state index in [0.717, 1.165) is 19.3 Å². The third-order valence-electron chi connectivity index (χ3n) is 3.48. The van der Waals surface area contributed by atoms with E-state index in [1.807, 2.05) is 0 Å². The van der Waals surface area contributed by atoms with Crippen LogP contribution in [0.1, 0.15) is 44.1 Å². The average molecular weight is 330 g/mol. The molecule has 1 saturated carbocycles. The van der Waals surface area contributed by atoms with Crippen LogP contribution in [0.4, 0.5) is 0 Å². The van der Waals surface area contributed by atoms with E-state index >= 15 is 0 Å². The van der Waals surface area contributed by atoms with Crippen LogP contribution in [0.15, 0.2) is 24.3 Å². The van der Waals surface area contributed by atoms with Crippen LogP contribution in [-0.2, 0) is 6.42 Å². The molecule has 0 amide bonds. The van der Waals surface area contributed by atoms with E-state index in [1.54, 1.807) is 0 Å². The van der Waals surface area contributed by atoms with Gasteiger partial charge in [-0.2, -0.15) is 0 Å². The Balaban J connectivity index is 2.04. The Morgan fingerprint density at radius 2 is 1.56 bits per heavy atom. The van der Waals surface area contributed by atoms with Gasteiger partial charge < -0.3 is 5.11 Å². The van der Waals surface area contributed by atoms with Gasteiger partial charge in [-0.3, -0.25) is 0 Å². The van der Waals surface area contributed by atoms with Crippen LogP contribution in [0.2, 0.25) is 0 Å². The molecule has 0 saturated heterocycles. The minimum Gasteiger partial charge on any atom is -0.390 e. The molecule has 1 aliphatic carbocycles. The number of rotatable bonds is 2. The van der Waals surface area contributed by atoms with Crippen LogP contribution >= 0.6 is 22.6 Å². The largest absolute Gasteiger partial charge is 0.390 e. The summed E-state index contributed by atoms with van der Waals surface area (Å²) >= 11 is 2.31. The second kappa shape index (κ2) is 5.50. The number of hydrogen-bond donors (Lipinski definition) is 1. The fourth-order valence-electron chi connectivity index (χ4n) is 2.55. The van der Waals surface area contributed by atoms with Gasteiger partial charge in [0, 0.05) is 9.99 Å². The fourth-order valence-corrected chi connectivity index (χ4v) is 2.91. The summed E-state index contributed by atoms with van der Waals surface area (Å²) in [5, 5.41) is 10.6. The van der Waals surface area contributed by atoms with Crippen LogP contribution in [0.25, 0.3) is 0 Å². The highest BCUT2D eigenvalue weighted by Gasteiger charge is 2.27. The summed E-state index contributed by atoms with van der Waals surface area (Å²) in [5.41, 5.74) is 0.827. The Labute approximate surface area is 111 Å². The second-order valence-corrected chi connectivity index (χ2v) is 6.19. The van der Waals surface area contributed by atoms with Crippen LogP contribution in [0.3, 0.4) is 0 Å². The first-order valence-electron chi connectivity index (χ1n) is 6.15. The van der Waals surface area contributed by atoms with Crippen LogP contribution in [0, 0.1) is 3.57 Å². The van der Waals surface area contributed by atoms with E-state index in [-0.39, 0.29) is 0 Å². The van der Waals surface area contributed by atoms with Gasteiger partial charge in [-0.05, 0) is 53.1 Å². The summed E-state index contributed by atoms with van der Waals surface area (Å²) in [4.78, 5) is 0. The van der Waals surface area contributed by atoms with Crippen LogP contribution < -0.4 is 0 Å². The smallest absolute Gasteiger partial charge is 0.0688 e. The SMILES string of the molecule is OC1(Cc2ccc(I)cc2)CCCCCC1. The summed E-state index contributed by atoms with van der Waals surface area (Å²) in [6.45, 7) is 0. The van der Waals surface area contributed by atoms with Crippen molar-refractivity contribution in [2.24, 2.45) is 0 Å². The number of aliphatic hydroxyl groups is 1. The molecular formula is C14H19IO. The highest BCUT2D eigenvalue weighted by Crippen LogP contribution is 2.30. The standard InChI is InChI=1S/C14H19IO/c15-13-7-5-12(6-8-13)11-14(16)9-3-1-2-4-10-14/h5-8,16H,1-4,9-11H2. The van der Waals surface area contributed by atoms with Crippen molar-refractivity contribution in [1.82, 2.24) is 0 Å². The maximum atomic E-state index is 10.6. The lowest BCUT2D eigenvalue weighted by Crippen LogP contribution is -2.30. The molecule has 0 heterocycles. The molecule has 1 aromatic carbocycles. The van der Waals surface area contributed by atoms with Gasteiger partial charge in [-0.25, -0.2) is 0 Å². The molecule has 2 heteroatoms. The van der Waals surface area contributed by atoms with Crippen molar-refractivity contribution < 1.29 is 5.11 Å². The van der Waals surface area contributed by atoms with Crippen LogP contribution in [-0.4, -0.2) is 10.7 Å². The van der Waals surface area contributed by atoms with Gasteiger partial charge >= 0.3 is 0 Å². The predicted octanol–water partition coefficient (Wildman–Crippen LogP) is 3.92. The molecule has 0 radical (unpaired) electrons. The van der Waals surface area contributed by atoms with E-state index in [2.05, 4.69) is 46.9 Å². The molecule has 1 N–H and O–H groups in total. The van der Waals surface area contributed by atoms with Crippen molar-refractivity contribution in [1.29, 1.82) is 0 Å². The van der Waals surface area contributed by atoms with E-state index in [4.69, 9.17) is 0 Å². The molecule has 0 aromatic heterocycles. The highest BCUT2D eigenvalue weighted by molar-refractivity contribution is 14.1. The van der Waals surface area contributed by atoms with Crippen molar-refractivity contribution in [2.45, 2.75) is 50.5 Å². The fraction of sp³-hybridized carbons (Fsp3) is 0.571. The highest BCUT2D eigenvalue weighted by atomic mass is 127. The van der Waals surface area contributed by atoms with Gasteiger partial charge in [0.15, 0.2) is 0 Å². The summed E-state index contributed by atoms with van der Waals surface area (Å²) < 4.78 is 1.26. The van der Waals surface area contributed by atoms with Crippen LogP contribution in [0.5, 0.6) is 0 Å². The number of benzene rings is 1. The van der Waals surface area contributed by atoms with E-state index in [0.29, 0.717) is 0 Å². The minimum atomic E-state index is -0.441. The summed E-state index contributed by atoms with van der Waals surface area (Å²) in [6, 6.07) is 8.53. The van der Waals surface area contributed by atoms with Gasteiger partial charge in [0.1, 0.15) is 0 Å². The van der Waals surface area contributed by atoms with E-state index < -0.39 is 5.60 Å². The summed E-state index contributed by atoms with van der Waals surface area (Å²) in [6.07, 6.45) is 7.70. The molecule has 1 fully saturated rings. The number of hydrogen-bond acceptors (Lipinski definition) is 1. The van der Waals surface area contributed by atoms with Crippen molar-refractivity contribution in [3.8, 4) is 0 Å². The average Bonchev–Trinajstić information content (AvgIpc) is 2.47. The summed E-state index contributed by atoms with van der Waals surface area (Å²) in [5.74, 6) is 0. The lowest BCUT2D eigenvalue weighted by atomic mass is 9.87. The van der Waals surface area contributed by atoms with Gasteiger partial charge in [-0.15, -0.1) is 0 Å². The summed E-state index contributed by atoms with van der Waals surface area (Å²) in [7, 11) is 0. The maximum absolute atomic E-state index is 10.6. The molecule has 88 valence electrons. The van der Waals surface area contributed by atoms with E-state index in [1.165, 1.54) is 34.8 Å². The van der Waals surface area contributed by atoms with Gasteiger partial charge in [0.25, 0.3) is 0 Å². The third kappa shape index (κ3) is 3.45. The molecule has 16 heavy (non-hydrogen) atoms. The first kappa shape index (κ1) is 12.4. The Morgan fingerprint density at radius 1 is 1.00 bits per heavy atom. The molecule has 2 rings (SSSR count). The topological polar surface area (TPSA) is 20.2 Å². The van der Waals surface area contributed by atoms with Gasteiger partial charge in [0.05, 0.1) is 5.60 Å². The predicted molar refractivity (Wildman–Crippen MR) is 75.5 cm³/mol. The zero-order chi connectivity index (χ0) is 11.4. The quantitative estimate of drug-likeness (QED) is 0.644. The van der Waals surface area contributed by atoms with Crippen molar-refractivity contribution in [2.75, 3.05) is 0 Å². The Morgan fingerprint density at radius 3 is 2.12 bits per heavy atom. The normalized spacial score (nSPS) is 20.4. The first-order chi connectivity index (χ1) is 7.68. The molecule has 1 aromatic rings. The minimum absolute atomic E-state index is 0.441. The zero-order valence-electron chi connectivity index (χ0n) is 9.58. The zero-order valence-corrected chi connectivity index (χ0v) is 11.7. The monoisotopic (exact) mass is 330 g/mol. The van der Waals surface area contributed by atoms with Gasteiger partial charge in [0.2, 0.25) is 0 Å². The van der Waals surface area contributed by atoms with Crippen molar-refractivity contribution in [3.63, 3.8) is 0 Å². The molecule has 1 nitrogen and oxygen atoms in total. The molecule has 0 atom stereocenters. The molecule has 0 spiro atoms. The lowest BCUT2D eigenvalue weighted by molar-refractivity contribution is 0.0252. The first-order valence-corrected chi connectivity index (χ1v) is 7.23. The Bertz CT molecular complexity index is 323. The van der Waals surface area contributed by atoms with E-state index in [9.17, 15) is 5.11 Å². The number of halogens is 1. The van der Waals surface area contributed by atoms with Gasteiger partial charge in [-0.1, -0.05) is 37.8 Å². The Kier molecular flexibility index (Phi) is 4.25. The third-order valence-corrected chi connectivity index (χ3v) is 4.20. The molecule has 1 aliphatic rings. The maximum Gasteiger partial charge on any atom is 0.0688 e. The van der Waals surface area contributed by atoms with Crippen molar-refractivity contribution >= 4 is 22.6 Å². The molecule has 0 unspecified atom stereocenters. The molecule has 0 aliphatic heterocycles.